The van der Waals surface area contributed by atoms with Crippen molar-refractivity contribution in [3.05, 3.63) is 17.7 Å². The minimum atomic E-state index is 0.231. The fourth-order valence-corrected chi connectivity index (χ4v) is 4.23. The van der Waals surface area contributed by atoms with Crippen LogP contribution in [0.4, 0.5) is 0 Å². The molecule has 2 heterocycles. The van der Waals surface area contributed by atoms with Crippen molar-refractivity contribution in [2.75, 3.05) is 47.6 Å². The summed E-state index contributed by atoms with van der Waals surface area (Å²) in [5, 5.41) is 9.47. The number of hydrogen-bond acceptors (Lipinski definition) is 6. The second-order valence-corrected chi connectivity index (χ2v) is 6.92. The van der Waals surface area contributed by atoms with Gasteiger partial charge in [-0.05, 0) is 43.5 Å². The molecule has 6 nitrogen and oxygen atoms in total. The van der Waals surface area contributed by atoms with Crippen molar-refractivity contribution in [1.82, 2.24) is 9.80 Å². The number of aliphatic hydroxyl groups excluding tert-OH is 1. The molecule has 6 heteroatoms. The smallest absolute Gasteiger partial charge is 0.203 e. The van der Waals surface area contributed by atoms with Crippen molar-refractivity contribution in [1.29, 1.82) is 0 Å². The highest BCUT2D eigenvalue weighted by Crippen LogP contribution is 2.39. The average molecular weight is 350 g/mol. The number of hydrogen-bond donors (Lipinski definition) is 1. The van der Waals surface area contributed by atoms with Crippen molar-refractivity contribution in [2.45, 2.75) is 37.9 Å². The maximum atomic E-state index is 9.47. The summed E-state index contributed by atoms with van der Waals surface area (Å²) in [5.74, 6) is 2.01. The van der Waals surface area contributed by atoms with Crippen molar-refractivity contribution < 1.29 is 19.3 Å². The minimum Gasteiger partial charge on any atom is -0.493 e. The number of piperazine rings is 1. The minimum absolute atomic E-state index is 0.231. The van der Waals surface area contributed by atoms with Crippen molar-refractivity contribution in [2.24, 2.45) is 0 Å². The summed E-state index contributed by atoms with van der Waals surface area (Å²) in [4.78, 5) is 5.09. The van der Waals surface area contributed by atoms with Crippen LogP contribution in [0.5, 0.6) is 17.2 Å². The number of rotatable bonds is 7. The standard InChI is InChI=1S/C19H30N2O4/c1-23-17-9-14(10-18(24-2)19(17)25-3)11-21-13-15-5-4-7-20(15)12-16(21)6-8-22/h9-10,15-16,22H,4-8,11-13H2,1-3H3/t15?,16-/m0/s1. The van der Waals surface area contributed by atoms with Gasteiger partial charge in [-0.25, -0.2) is 0 Å². The first-order valence-electron chi connectivity index (χ1n) is 9.08. The van der Waals surface area contributed by atoms with Gasteiger partial charge in [0.1, 0.15) is 0 Å². The third-order valence-electron chi connectivity index (χ3n) is 5.48. The van der Waals surface area contributed by atoms with E-state index in [2.05, 4.69) is 9.80 Å². The third-order valence-corrected chi connectivity index (χ3v) is 5.48. The highest BCUT2D eigenvalue weighted by molar-refractivity contribution is 5.53. The van der Waals surface area contributed by atoms with E-state index in [9.17, 15) is 5.11 Å². The molecule has 0 saturated carbocycles. The molecule has 3 rings (SSSR count). The van der Waals surface area contributed by atoms with Gasteiger partial charge >= 0.3 is 0 Å². The quantitative estimate of drug-likeness (QED) is 0.808. The van der Waals surface area contributed by atoms with Gasteiger partial charge in [-0.2, -0.15) is 0 Å². The molecule has 2 fully saturated rings. The zero-order valence-electron chi connectivity index (χ0n) is 15.5. The van der Waals surface area contributed by atoms with E-state index in [-0.39, 0.29) is 6.61 Å². The predicted molar refractivity (Wildman–Crippen MR) is 96.6 cm³/mol. The lowest BCUT2D eigenvalue weighted by molar-refractivity contribution is 0.0333. The number of aliphatic hydroxyl groups is 1. The lowest BCUT2D eigenvalue weighted by atomic mass is 10.0. The largest absolute Gasteiger partial charge is 0.493 e. The van der Waals surface area contributed by atoms with Gasteiger partial charge < -0.3 is 19.3 Å². The molecule has 0 spiro atoms. The molecule has 0 bridgehead atoms. The molecule has 0 amide bonds. The van der Waals surface area contributed by atoms with Gasteiger partial charge in [0.15, 0.2) is 11.5 Å². The molecular weight excluding hydrogens is 320 g/mol. The monoisotopic (exact) mass is 350 g/mol. The first kappa shape index (κ1) is 18.3. The number of benzene rings is 1. The fourth-order valence-electron chi connectivity index (χ4n) is 4.23. The molecule has 1 unspecified atom stereocenters. The average Bonchev–Trinajstić information content (AvgIpc) is 3.08. The zero-order valence-corrected chi connectivity index (χ0v) is 15.5. The molecule has 1 N–H and O–H groups in total. The summed E-state index contributed by atoms with van der Waals surface area (Å²) in [5.41, 5.74) is 1.14. The van der Waals surface area contributed by atoms with Crippen molar-refractivity contribution in [3.8, 4) is 17.2 Å². The number of fused-ring (bicyclic) bond motifs is 1. The van der Waals surface area contributed by atoms with E-state index in [4.69, 9.17) is 14.2 Å². The van der Waals surface area contributed by atoms with Crippen LogP contribution < -0.4 is 14.2 Å². The third kappa shape index (κ3) is 3.86. The van der Waals surface area contributed by atoms with E-state index in [1.807, 2.05) is 12.1 Å². The topological polar surface area (TPSA) is 54.4 Å². The Morgan fingerprint density at radius 1 is 1.08 bits per heavy atom. The molecule has 2 atom stereocenters. The predicted octanol–water partition coefficient (Wildman–Crippen LogP) is 1.74. The Balaban J connectivity index is 1.81. The van der Waals surface area contributed by atoms with Crippen LogP contribution in [-0.4, -0.2) is 74.6 Å². The SMILES string of the molecule is COc1cc(CN2CC3CCCN3C[C@@H]2CCO)cc(OC)c1OC. The molecule has 0 aliphatic carbocycles. The van der Waals surface area contributed by atoms with Crippen LogP contribution in [0.3, 0.4) is 0 Å². The molecule has 0 radical (unpaired) electrons. The number of ether oxygens (including phenoxy) is 3. The van der Waals surface area contributed by atoms with Crippen LogP contribution in [0, 0.1) is 0 Å². The Kier molecular flexibility index (Phi) is 6.04. The van der Waals surface area contributed by atoms with E-state index in [1.54, 1.807) is 21.3 Å². The Bertz CT molecular complexity index is 556. The lowest BCUT2D eigenvalue weighted by Gasteiger charge is -2.43. The van der Waals surface area contributed by atoms with E-state index in [0.717, 1.165) is 31.6 Å². The van der Waals surface area contributed by atoms with Crippen LogP contribution in [-0.2, 0) is 6.54 Å². The first-order valence-corrected chi connectivity index (χ1v) is 9.08. The summed E-state index contributed by atoms with van der Waals surface area (Å²) >= 11 is 0. The first-order chi connectivity index (χ1) is 12.2. The van der Waals surface area contributed by atoms with E-state index in [0.29, 0.717) is 29.3 Å². The zero-order chi connectivity index (χ0) is 17.8. The highest BCUT2D eigenvalue weighted by atomic mass is 16.5. The Morgan fingerprint density at radius 3 is 2.40 bits per heavy atom. The van der Waals surface area contributed by atoms with Gasteiger partial charge in [0.2, 0.25) is 5.75 Å². The van der Waals surface area contributed by atoms with Crippen LogP contribution in [0.25, 0.3) is 0 Å². The molecule has 25 heavy (non-hydrogen) atoms. The molecule has 1 aromatic carbocycles. The summed E-state index contributed by atoms with van der Waals surface area (Å²) in [6.45, 7) is 4.36. The molecule has 1 aromatic rings. The highest BCUT2D eigenvalue weighted by Gasteiger charge is 2.36. The summed E-state index contributed by atoms with van der Waals surface area (Å²) < 4.78 is 16.4. The summed E-state index contributed by atoms with van der Waals surface area (Å²) in [6, 6.07) is 5.09. The van der Waals surface area contributed by atoms with Gasteiger partial charge in [-0.1, -0.05) is 0 Å². The lowest BCUT2D eigenvalue weighted by Crippen LogP contribution is -2.55. The second kappa shape index (κ2) is 8.25. The van der Waals surface area contributed by atoms with Gasteiger partial charge in [0, 0.05) is 38.3 Å². The van der Waals surface area contributed by atoms with Crippen molar-refractivity contribution in [3.63, 3.8) is 0 Å². The molecule has 2 aliphatic heterocycles. The van der Waals surface area contributed by atoms with Gasteiger partial charge in [0.25, 0.3) is 0 Å². The van der Waals surface area contributed by atoms with Crippen LogP contribution in [0.1, 0.15) is 24.8 Å². The maximum Gasteiger partial charge on any atom is 0.203 e. The Hall–Kier alpha value is -1.50. The van der Waals surface area contributed by atoms with E-state index >= 15 is 0 Å². The molecule has 2 aliphatic rings. The normalized spacial score (nSPS) is 24.2. The van der Waals surface area contributed by atoms with E-state index < -0.39 is 0 Å². The van der Waals surface area contributed by atoms with Gasteiger partial charge in [-0.3, -0.25) is 9.80 Å². The van der Waals surface area contributed by atoms with Gasteiger partial charge in [0.05, 0.1) is 21.3 Å². The number of nitrogens with zero attached hydrogens (tertiary/aromatic N) is 2. The molecular formula is C19H30N2O4. The Morgan fingerprint density at radius 2 is 1.80 bits per heavy atom. The van der Waals surface area contributed by atoms with Crippen LogP contribution >= 0.6 is 0 Å². The van der Waals surface area contributed by atoms with Crippen molar-refractivity contribution >= 4 is 0 Å². The second-order valence-electron chi connectivity index (χ2n) is 6.92. The maximum absolute atomic E-state index is 9.47. The van der Waals surface area contributed by atoms with E-state index in [1.165, 1.54) is 19.4 Å². The van der Waals surface area contributed by atoms with Gasteiger partial charge in [-0.15, -0.1) is 0 Å². The summed E-state index contributed by atoms with van der Waals surface area (Å²) in [6.07, 6.45) is 3.37. The molecule has 2 saturated heterocycles. The Labute approximate surface area is 150 Å². The van der Waals surface area contributed by atoms with Crippen LogP contribution in [0.15, 0.2) is 12.1 Å². The molecule has 0 aromatic heterocycles. The summed E-state index contributed by atoms with van der Waals surface area (Å²) in [7, 11) is 4.91. The van der Waals surface area contributed by atoms with Crippen LogP contribution in [0.2, 0.25) is 0 Å². The number of methoxy groups -OCH3 is 3. The fraction of sp³-hybridized carbons (Fsp3) is 0.684. The molecule has 140 valence electrons.